The molecule has 1 saturated heterocycles. The molecule has 1 unspecified atom stereocenters. The molecule has 5 rings (SSSR count). The highest BCUT2D eigenvalue weighted by Crippen LogP contribution is 2.43. The van der Waals surface area contributed by atoms with E-state index in [0.29, 0.717) is 35.8 Å². The fraction of sp³-hybridized carbons (Fsp3) is 0.583. The Morgan fingerprint density at radius 3 is 2.58 bits per heavy atom. The number of halogens is 1. The van der Waals surface area contributed by atoms with E-state index < -0.39 is 6.04 Å². The van der Waals surface area contributed by atoms with Gasteiger partial charge in [0.2, 0.25) is 11.8 Å². The first-order chi connectivity index (χ1) is 15.6. The number of hydrogen-bond donors (Lipinski definition) is 2. The maximum Gasteiger partial charge on any atom is 0.239 e. The molecule has 33 heavy (non-hydrogen) atoms. The van der Waals surface area contributed by atoms with Crippen molar-refractivity contribution in [1.29, 1.82) is 0 Å². The summed E-state index contributed by atoms with van der Waals surface area (Å²) in [6, 6.07) is 1.37. The molecule has 1 saturated carbocycles. The number of pyridine rings is 1. The molecule has 2 aromatic heterocycles. The van der Waals surface area contributed by atoms with Gasteiger partial charge in [0.1, 0.15) is 5.82 Å². The monoisotopic (exact) mass is 470 g/mol. The predicted molar refractivity (Wildman–Crippen MR) is 127 cm³/mol. The Labute approximate surface area is 198 Å². The van der Waals surface area contributed by atoms with Crippen molar-refractivity contribution in [1.82, 2.24) is 19.7 Å². The van der Waals surface area contributed by atoms with Crippen molar-refractivity contribution in [2.24, 2.45) is 28.9 Å². The number of amides is 2. The molecule has 3 N–H and O–H groups in total. The summed E-state index contributed by atoms with van der Waals surface area (Å²) in [6.07, 6.45) is 5.94. The van der Waals surface area contributed by atoms with Crippen molar-refractivity contribution in [2.75, 3.05) is 18.4 Å². The highest BCUT2D eigenvalue weighted by molar-refractivity contribution is 6.33. The second-order valence-corrected chi connectivity index (χ2v) is 11.2. The molecule has 1 aliphatic carbocycles. The van der Waals surface area contributed by atoms with Gasteiger partial charge < -0.3 is 16.0 Å². The van der Waals surface area contributed by atoms with E-state index in [1.165, 1.54) is 5.69 Å². The van der Waals surface area contributed by atoms with Crippen molar-refractivity contribution < 1.29 is 9.59 Å². The van der Waals surface area contributed by atoms with Crippen LogP contribution in [0.15, 0.2) is 18.5 Å². The zero-order valence-corrected chi connectivity index (χ0v) is 20.1. The van der Waals surface area contributed by atoms with Crippen LogP contribution in [0, 0.1) is 23.2 Å². The van der Waals surface area contributed by atoms with Gasteiger partial charge in [-0.1, -0.05) is 25.4 Å². The second-order valence-electron chi connectivity index (χ2n) is 10.8. The Kier molecular flexibility index (Phi) is 5.48. The number of carbonyl (C=O) groups excluding carboxylic acids is 2. The zero-order chi connectivity index (χ0) is 23.5. The summed E-state index contributed by atoms with van der Waals surface area (Å²) in [5.74, 6) is 1.12. The van der Waals surface area contributed by atoms with Crippen molar-refractivity contribution in [3.05, 3.63) is 29.2 Å². The molecule has 2 aliphatic heterocycles. The smallest absolute Gasteiger partial charge is 0.239 e. The number of nitrogens with one attached hydrogen (secondary N) is 1. The van der Waals surface area contributed by atoms with Crippen LogP contribution in [0.4, 0.5) is 5.82 Å². The van der Waals surface area contributed by atoms with E-state index in [0.717, 1.165) is 36.9 Å². The van der Waals surface area contributed by atoms with Gasteiger partial charge in [0.05, 0.1) is 17.3 Å². The number of carbonyl (C=O) groups is 2. The molecule has 176 valence electrons. The Hall–Kier alpha value is -2.45. The SMILES string of the molecule is C[C@H](N)C(=O)N1C[C@H]2CC(C(=O)Nc3cc(-c4cnn5c4CC(C)(C)C5)c(Cl)cn3)C[C@H]2C1. The van der Waals surface area contributed by atoms with Crippen molar-refractivity contribution in [2.45, 2.75) is 52.6 Å². The first-order valence-electron chi connectivity index (χ1n) is 11.7. The van der Waals surface area contributed by atoms with Crippen LogP contribution in [0.1, 0.15) is 39.3 Å². The fourth-order valence-electron chi connectivity index (χ4n) is 5.80. The third-order valence-corrected chi connectivity index (χ3v) is 7.69. The highest BCUT2D eigenvalue weighted by atomic mass is 35.5. The molecule has 0 aromatic carbocycles. The maximum absolute atomic E-state index is 13.0. The third kappa shape index (κ3) is 4.15. The Morgan fingerprint density at radius 2 is 1.91 bits per heavy atom. The van der Waals surface area contributed by atoms with Gasteiger partial charge in [-0.3, -0.25) is 14.3 Å². The number of rotatable bonds is 4. The van der Waals surface area contributed by atoms with Crippen LogP contribution in [-0.2, 0) is 22.6 Å². The van der Waals surface area contributed by atoms with E-state index in [2.05, 4.69) is 29.2 Å². The van der Waals surface area contributed by atoms with Crippen LogP contribution in [0.3, 0.4) is 0 Å². The molecule has 2 aromatic rings. The summed E-state index contributed by atoms with van der Waals surface area (Å²) in [5, 5.41) is 8.09. The lowest BCUT2D eigenvalue weighted by Gasteiger charge is -2.20. The number of nitrogens with two attached hydrogens (primary N) is 1. The molecule has 9 heteroatoms. The summed E-state index contributed by atoms with van der Waals surface area (Å²) >= 11 is 6.50. The molecule has 0 spiro atoms. The van der Waals surface area contributed by atoms with Gasteiger partial charge in [0.25, 0.3) is 0 Å². The van der Waals surface area contributed by atoms with Crippen LogP contribution in [0.25, 0.3) is 11.1 Å². The molecule has 4 atom stereocenters. The largest absolute Gasteiger partial charge is 0.341 e. The maximum atomic E-state index is 13.0. The van der Waals surface area contributed by atoms with E-state index in [9.17, 15) is 9.59 Å². The summed E-state index contributed by atoms with van der Waals surface area (Å²) in [4.78, 5) is 31.4. The van der Waals surface area contributed by atoms with E-state index in [-0.39, 0.29) is 23.1 Å². The number of aromatic nitrogens is 3. The molecular weight excluding hydrogens is 440 g/mol. The minimum atomic E-state index is -0.476. The zero-order valence-electron chi connectivity index (χ0n) is 19.3. The van der Waals surface area contributed by atoms with Gasteiger partial charge in [-0.05, 0) is 49.5 Å². The fourth-order valence-corrected chi connectivity index (χ4v) is 6.00. The Bertz CT molecular complexity index is 1100. The van der Waals surface area contributed by atoms with Gasteiger partial charge in [-0.25, -0.2) is 4.98 Å². The molecular formula is C24H31ClN6O2. The van der Waals surface area contributed by atoms with E-state index in [1.807, 2.05) is 21.8 Å². The second kappa shape index (κ2) is 8.09. The highest BCUT2D eigenvalue weighted by Gasteiger charge is 2.44. The lowest BCUT2D eigenvalue weighted by atomic mass is 9.89. The van der Waals surface area contributed by atoms with Crippen LogP contribution in [-0.4, -0.2) is 50.6 Å². The topological polar surface area (TPSA) is 106 Å². The lowest BCUT2D eigenvalue weighted by Crippen LogP contribution is -2.41. The Morgan fingerprint density at radius 1 is 1.21 bits per heavy atom. The number of fused-ring (bicyclic) bond motifs is 2. The lowest BCUT2D eigenvalue weighted by molar-refractivity contribution is -0.131. The number of hydrogen-bond acceptors (Lipinski definition) is 5. The van der Waals surface area contributed by atoms with Crippen LogP contribution < -0.4 is 11.1 Å². The minimum absolute atomic E-state index is 0.00154. The Balaban J connectivity index is 1.27. The average Bonchev–Trinajstić information content (AvgIpc) is 3.47. The number of likely N-dealkylation sites (tertiary alicyclic amines) is 1. The first kappa shape index (κ1) is 22.3. The van der Waals surface area contributed by atoms with Crippen molar-refractivity contribution >= 4 is 29.2 Å². The first-order valence-corrected chi connectivity index (χ1v) is 12.0. The van der Waals surface area contributed by atoms with E-state index >= 15 is 0 Å². The van der Waals surface area contributed by atoms with Gasteiger partial charge in [-0.2, -0.15) is 5.10 Å². The minimum Gasteiger partial charge on any atom is -0.341 e. The van der Waals surface area contributed by atoms with Gasteiger partial charge in [-0.15, -0.1) is 0 Å². The number of nitrogens with zero attached hydrogens (tertiary/aromatic N) is 4. The standard InChI is InChI=1S/C24H31ClN6O2/c1-13(26)23(33)30-10-15-4-14(5-16(15)11-30)22(32)29-21-6-17(19(25)9-27-21)18-8-28-31-12-24(2,3)7-20(18)31/h6,8-9,13-16H,4-5,7,10-12,26H2,1-3H3,(H,27,29,32)/t13-,14?,15-,16+/m0/s1. The van der Waals surface area contributed by atoms with Crippen LogP contribution in [0.5, 0.6) is 0 Å². The van der Waals surface area contributed by atoms with Crippen molar-refractivity contribution in [3.63, 3.8) is 0 Å². The molecule has 4 heterocycles. The molecule has 0 radical (unpaired) electrons. The normalized spacial score (nSPS) is 26.2. The molecule has 8 nitrogen and oxygen atoms in total. The average molecular weight is 471 g/mol. The predicted octanol–water partition coefficient (Wildman–Crippen LogP) is 2.95. The summed E-state index contributed by atoms with van der Waals surface area (Å²) in [6.45, 7) is 8.45. The summed E-state index contributed by atoms with van der Waals surface area (Å²) < 4.78 is 2.04. The quantitative estimate of drug-likeness (QED) is 0.714. The van der Waals surface area contributed by atoms with E-state index in [1.54, 1.807) is 13.1 Å². The van der Waals surface area contributed by atoms with Gasteiger partial charge in [0, 0.05) is 48.6 Å². The van der Waals surface area contributed by atoms with Crippen LogP contribution >= 0.6 is 11.6 Å². The van der Waals surface area contributed by atoms with Gasteiger partial charge in [0.15, 0.2) is 0 Å². The number of anilines is 1. The molecule has 2 fully saturated rings. The van der Waals surface area contributed by atoms with E-state index in [4.69, 9.17) is 17.3 Å². The molecule has 3 aliphatic rings. The summed E-state index contributed by atoms with van der Waals surface area (Å²) in [5.41, 5.74) is 8.92. The molecule has 2 amide bonds. The third-order valence-electron chi connectivity index (χ3n) is 7.39. The van der Waals surface area contributed by atoms with Crippen LogP contribution in [0.2, 0.25) is 5.02 Å². The van der Waals surface area contributed by atoms with Crippen molar-refractivity contribution in [3.8, 4) is 11.1 Å². The molecule has 0 bridgehead atoms. The van der Waals surface area contributed by atoms with Gasteiger partial charge >= 0.3 is 0 Å². The summed E-state index contributed by atoms with van der Waals surface area (Å²) in [7, 11) is 0.